The topological polar surface area (TPSA) is 84.2 Å². The van der Waals surface area contributed by atoms with Gasteiger partial charge in [-0.3, -0.25) is 4.79 Å². The first-order valence-electron chi connectivity index (χ1n) is 9.78. The predicted molar refractivity (Wildman–Crippen MR) is 102 cm³/mol. The van der Waals surface area contributed by atoms with Crippen LogP contribution in [0.4, 0.5) is 4.39 Å². The van der Waals surface area contributed by atoms with Crippen molar-refractivity contribution in [3.05, 3.63) is 65.2 Å². The number of nitrogens with one attached hydrogen (secondary N) is 1. The maximum Gasteiger partial charge on any atom is 0.292 e. The molecule has 1 saturated heterocycles. The molecule has 8 heteroatoms. The van der Waals surface area contributed by atoms with E-state index in [0.717, 1.165) is 36.5 Å². The maximum atomic E-state index is 14.0. The molecule has 29 heavy (non-hydrogen) atoms. The summed E-state index contributed by atoms with van der Waals surface area (Å²) in [5, 5.41) is 7.28. The van der Waals surface area contributed by atoms with Crippen LogP contribution in [0.2, 0.25) is 0 Å². The van der Waals surface area contributed by atoms with E-state index in [1.807, 2.05) is 6.20 Å². The van der Waals surface area contributed by atoms with E-state index in [1.165, 1.54) is 12.1 Å². The molecule has 4 heterocycles. The highest BCUT2D eigenvalue weighted by Gasteiger charge is 2.27. The fourth-order valence-corrected chi connectivity index (χ4v) is 3.91. The van der Waals surface area contributed by atoms with Crippen LogP contribution in [0.25, 0.3) is 11.3 Å². The molecule has 1 amide bonds. The fraction of sp³-hybridized carbons (Fsp3) is 0.333. The van der Waals surface area contributed by atoms with Crippen molar-refractivity contribution in [1.29, 1.82) is 0 Å². The van der Waals surface area contributed by atoms with Crippen LogP contribution in [0.15, 0.2) is 41.1 Å². The molecule has 0 spiro atoms. The molecule has 0 unspecified atom stereocenters. The van der Waals surface area contributed by atoms with Gasteiger partial charge in [-0.2, -0.15) is 0 Å². The van der Waals surface area contributed by atoms with Crippen molar-refractivity contribution in [3.63, 3.8) is 0 Å². The van der Waals surface area contributed by atoms with Crippen LogP contribution in [-0.4, -0.2) is 39.0 Å². The number of fused-ring (bicyclic) bond motifs is 1. The molecular weight excluding hydrogens is 373 g/mol. The largest absolute Gasteiger partial charge is 0.350 e. The summed E-state index contributed by atoms with van der Waals surface area (Å²) >= 11 is 0. The second-order valence-corrected chi connectivity index (χ2v) is 7.38. The molecule has 2 aliphatic rings. The van der Waals surface area contributed by atoms with E-state index in [9.17, 15) is 9.18 Å². The molecule has 0 saturated carbocycles. The number of carbonyl (C=O) groups excluding carboxylic acids is 1. The third-order valence-electron chi connectivity index (χ3n) is 5.48. The van der Waals surface area contributed by atoms with Gasteiger partial charge in [0.15, 0.2) is 0 Å². The Morgan fingerprint density at radius 3 is 3.03 bits per heavy atom. The second-order valence-electron chi connectivity index (χ2n) is 7.38. The zero-order valence-electron chi connectivity index (χ0n) is 15.8. The third kappa shape index (κ3) is 3.40. The average Bonchev–Trinajstić information content (AvgIpc) is 3.45. The molecule has 7 nitrogen and oxygen atoms in total. The summed E-state index contributed by atoms with van der Waals surface area (Å²) in [5.41, 5.74) is 2.55. The molecule has 2 aromatic heterocycles. The molecule has 1 aromatic carbocycles. The lowest BCUT2D eigenvalue weighted by molar-refractivity contribution is 0.0691. The number of halogens is 1. The van der Waals surface area contributed by atoms with Gasteiger partial charge in [-0.05, 0) is 31.5 Å². The second kappa shape index (κ2) is 7.36. The molecule has 2 aliphatic heterocycles. The van der Waals surface area contributed by atoms with E-state index in [2.05, 4.69) is 15.5 Å². The van der Waals surface area contributed by atoms with Crippen LogP contribution < -0.4 is 5.32 Å². The van der Waals surface area contributed by atoms with Gasteiger partial charge in [-0.25, -0.2) is 14.4 Å². The summed E-state index contributed by atoms with van der Waals surface area (Å²) in [6, 6.07) is 7.99. The molecule has 1 N–H and O–H groups in total. The Labute approximate surface area is 166 Å². The molecule has 1 atom stereocenters. The van der Waals surface area contributed by atoms with Crippen molar-refractivity contribution in [1.82, 2.24) is 25.3 Å². The van der Waals surface area contributed by atoms with Gasteiger partial charge in [0.05, 0.1) is 11.7 Å². The molecule has 148 valence electrons. The summed E-state index contributed by atoms with van der Waals surface area (Å²) in [6.45, 7) is 1.96. The fourth-order valence-electron chi connectivity index (χ4n) is 3.91. The standard InChI is InChI=1S/C21H20FN5O2/c22-15-5-2-1-4-14(15)18-10-19(29-26-18)21(28)27-9-7-16-13(12-27)11-24-20(25-16)17-6-3-8-23-17/h1-2,4-5,10-11,17,23H,3,6-9,12H2/t17-/m1/s1. The predicted octanol–water partition coefficient (Wildman–Crippen LogP) is 2.89. The third-order valence-corrected chi connectivity index (χ3v) is 5.48. The molecule has 0 bridgehead atoms. The lowest BCUT2D eigenvalue weighted by Crippen LogP contribution is -2.36. The molecule has 0 aliphatic carbocycles. The Balaban J connectivity index is 1.33. The SMILES string of the molecule is O=C(c1cc(-c2ccccc2F)no1)N1CCc2nc([C@H]3CCCN3)ncc2C1. The van der Waals surface area contributed by atoms with E-state index in [1.54, 1.807) is 23.1 Å². The van der Waals surface area contributed by atoms with E-state index in [0.29, 0.717) is 30.8 Å². The summed E-state index contributed by atoms with van der Waals surface area (Å²) in [7, 11) is 0. The Kier molecular flexibility index (Phi) is 4.55. The van der Waals surface area contributed by atoms with Gasteiger partial charge in [-0.1, -0.05) is 17.3 Å². The highest BCUT2D eigenvalue weighted by atomic mass is 19.1. The smallest absolute Gasteiger partial charge is 0.292 e. The summed E-state index contributed by atoms with van der Waals surface area (Å²) in [6.07, 6.45) is 4.68. The first-order chi connectivity index (χ1) is 14.2. The van der Waals surface area contributed by atoms with E-state index in [4.69, 9.17) is 9.51 Å². The van der Waals surface area contributed by atoms with Crippen molar-refractivity contribution in [3.8, 4) is 11.3 Å². The monoisotopic (exact) mass is 393 g/mol. The molecular formula is C21H20FN5O2. The molecule has 1 fully saturated rings. The van der Waals surface area contributed by atoms with Gasteiger partial charge in [0.25, 0.3) is 5.91 Å². The van der Waals surface area contributed by atoms with E-state index in [-0.39, 0.29) is 17.7 Å². The number of rotatable bonds is 3. The van der Waals surface area contributed by atoms with Gasteiger partial charge in [0.1, 0.15) is 17.3 Å². The minimum Gasteiger partial charge on any atom is -0.350 e. The lowest BCUT2D eigenvalue weighted by Gasteiger charge is -2.27. The van der Waals surface area contributed by atoms with Crippen molar-refractivity contribution in [2.45, 2.75) is 31.8 Å². The Morgan fingerprint density at radius 1 is 1.31 bits per heavy atom. The Bertz CT molecular complexity index is 1060. The first kappa shape index (κ1) is 17.9. The number of hydrogen-bond acceptors (Lipinski definition) is 6. The highest BCUT2D eigenvalue weighted by molar-refractivity contribution is 5.92. The van der Waals surface area contributed by atoms with Crippen LogP contribution in [0.3, 0.4) is 0 Å². The minimum absolute atomic E-state index is 0.0967. The van der Waals surface area contributed by atoms with Gasteiger partial charge < -0.3 is 14.7 Å². The van der Waals surface area contributed by atoms with Crippen molar-refractivity contribution >= 4 is 5.91 Å². The lowest BCUT2D eigenvalue weighted by atomic mass is 10.1. The molecule has 5 rings (SSSR count). The van der Waals surface area contributed by atoms with Gasteiger partial charge >= 0.3 is 0 Å². The van der Waals surface area contributed by atoms with Crippen LogP contribution >= 0.6 is 0 Å². The quantitative estimate of drug-likeness (QED) is 0.737. The molecule has 3 aromatic rings. The normalized spacial score (nSPS) is 18.7. The molecule has 0 radical (unpaired) electrons. The zero-order valence-corrected chi connectivity index (χ0v) is 15.8. The number of nitrogens with zero attached hydrogens (tertiary/aromatic N) is 4. The number of hydrogen-bond donors (Lipinski definition) is 1. The van der Waals surface area contributed by atoms with Crippen LogP contribution in [0.1, 0.15) is 46.5 Å². The van der Waals surface area contributed by atoms with Crippen LogP contribution in [-0.2, 0) is 13.0 Å². The number of aromatic nitrogens is 3. The van der Waals surface area contributed by atoms with Crippen molar-refractivity contribution in [2.75, 3.05) is 13.1 Å². The Morgan fingerprint density at radius 2 is 2.21 bits per heavy atom. The first-order valence-corrected chi connectivity index (χ1v) is 9.78. The van der Waals surface area contributed by atoms with Crippen LogP contribution in [0.5, 0.6) is 0 Å². The van der Waals surface area contributed by atoms with Crippen molar-refractivity contribution < 1.29 is 13.7 Å². The van der Waals surface area contributed by atoms with Gasteiger partial charge in [0, 0.05) is 42.9 Å². The van der Waals surface area contributed by atoms with Gasteiger partial charge in [-0.15, -0.1) is 0 Å². The zero-order chi connectivity index (χ0) is 19.8. The number of amides is 1. The average molecular weight is 393 g/mol. The maximum absolute atomic E-state index is 14.0. The highest BCUT2D eigenvalue weighted by Crippen LogP contribution is 2.26. The number of benzene rings is 1. The number of carbonyl (C=O) groups is 1. The summed E-state index contributed by atoms with van der Waals surface area (Å²) < 4.78 is 19.2. The Hall–Kier alpha value is -3.13. The summed E-state index contributed by atoms with van der Waals surface area (Å²) in [4.78, 5) is 23.8. The van der Waals surface area contributed by atoms with Crippen LogP contribution in [0, 0.1) is 5.82 Å². The summed E-state index contributed by atoms with van der Waals surface area (Å²) in [5.74, 6) is 0.258. The minimum atomic E-state index is -0.406. The van der Waals surface area contributed by atoms with Gasteiger partial charge in [0.2, 0.25) is 5.76 Å². The van der Waals surface area contributed by atoms with E-state index < -0.39 is 5.82 Å². The van der Waals surface area contributed by atoms with Crippen molar-refractivity contribution in [2.24, 2.45) is 0 Å². The van der Waals surface area contributed by atoms with E-state index >= 15 is 0 Å².